The fourth-order valence-electron chi connectivity index (χ4n) is 3.16. The number of hydrogen-bond donors (Lipinski definition) is 2. The van der Waals surface area contributed by atoms with Gasteiger partial charge in [-0.05, 0) is 50.4 Å². The average molecular weight is 291 g/mol. The van der Waals surface area contributed by atoms with Gasteiger partial charge in [0.1, 0.15) is 12.4 Å². The van der Waals surface area contributed by atoms with Crippen molar-refractivity contribution in [1.29, 1.82) is 0 Å². The predicted octanol–water partition coefficient (Wildman–Crippen LogP) is 3.60. The Morgan fingerprint density at radius 3 is 2.67 bits per heavy atom. The highest BCUT2D eigenvalue weighted by atomic mass is 16.5. The molecule has 1 saturated carbocycles. The lowest BCUT2D eigenvalue weighted by atomic mass is 10.0. The molecule has 3 heteroatoms. The van der Waals surface area contributed by atoms with Crippen LogP contribution in [0.15, 0.2) is 18.2 Å². The van der Waals surface area contributed by atoms with Crippen LogP contribution in [0, 0.1) is 12.8 Å². The number of rotatable bonds is 7. The molecule has 0 saturated heterocycles. The molecule has 0 aromatic heterocycles. The van der Waals surface area contributed by atoms with Crippen molar-refractivity contribution < 1.29 is 9.84 Å². The maximum absolute atomic E-state index is 10.1. The second-order valence-electron chi connectivity index (χ2n) is 6.39. The first-order valence-electron chi connectivity index (χ1n) is 8.18. The summed E-state index contributed by atoms with van der Waals surface area (Å²) < 4.78 is 5.81. The minimum Gasteiger partial charge on any atom is -0.491 e. The molecule has 1 aliphatic carbocycles. The topological polar surface area (TPSA) is 41.5 Å². The molecule has 1 fully saturated rings. The second-order valence-corrected chi connectivity index (χ2v) is 6.39. The Hall–Kier alpha value is -1.06. The van der Waals surface area contributed by atoms with E-state index in [0.29, 0.717) is 18.6 Å². The summed E-state index contributed by atoms with van der Waals surface area (Å²) in [6.45, 7) is 4.60. The van der Waals surface area contributed by atoms with E-state index in [1.54, 1.807) is 0 Å². The van der Waals surface area contributed by atoms with Crippen molar-refractivity contribution in [3.8, 4) is 5.75 Å². The number of ether oxygens (including phenoxy) is 1. The summed E-state index contributed by atoms with van der Waals surface area (Å²) in [7, 11) is 1.96. The Balaban J connectivity index is 1.84. The first-order valence-corrected chi connectivity index (χ1v) is 8.18. The number of aliphatic hydroxyl groups is 1. The van der Waals surface area contributed by atoms with Gasteiger partial charge in [0, 0.05) is 6.04 Å². The molecular formula is C18H29NO2. The molecule has 1 aromatic rings. The third kappa shape index (κ3) is 4.72. The van der Waals surface area contributed by atoms with E-state index in [-0.39, 0.29) is 6.10 Å². The smallest absolute Gasteiger partial charge is 0.122 e. The minimum atomic E-state index is -0.344. The quantitative estimate of drug-likeness (QED) is 0.806. The lowest BCUT2D eigenvalue weighted by Gasteiger charge is -2.18. The molecule has 0 bridgehead atoms. The SMILES string of the molecule is CNC(C)c1ccc(OCC(O)CC2CCCC2)c(C)c1. The van der Waals surface area contributed by atoms with E-state index < -0.39 is 0 Å². The number of aliphatic hydroxyl groups excluding tert-OH is 1. The van der Waals surface area contributed by atoms with Crippen LogP contribution in [0.4, 0.5) is 0 Å². The zero-order chi connectivity index (χ0) is 15.2. The van der Waals surface area contributed by atoms with Crippen LogP contribution in [-0.4, -0.2) is 24.9 Å². The summed E-state index contributed by atoms with van der Waals surface area (Å²) in [5.41, 5.74) is 2.39. The first-order chi connectivity index (χ1) is 10.1. The predicted molar refractivity (Wildman–Crippen MR) is 86.7 cm³/mol. The van der Waals surface area contributed by atoms with E-state index in [0.717, 1.165) is 17.7 Å². The summed E-state index contributed by atoms with van der Waals surface area (Å²) in [5, 5.41) is 13.3. The van der Waals surface area contributed by atoms with Crippen LogP contribution >= 0.6 is 0 Å². The van der Waals surface area contributed by atoms with E-state index in [4.69, 9.17) is 4.74 Å². The van der Waals surface area contributed by atoms with Crippen molar-refractivity contribution >= 4 is 0 Å². The Morgan fingerprint density at radius 2 is 2.05 bits per heavy atom. The number of hydrogen-bond acceptors (Lipinski definition) is 3. The highest BCUT2D eigenvalue weighted by molar-refractivity contribution is 5.37. The Kier molecular flexibility index (Phi) is 6.07. The minimum absolute atomic E-state index is 0.339. The van der Waals surface area contributed by atoms with Gasteiger partial charge in [-0.2, -0.15) is 0 Å². The Bertz CT molecular complexity index is 441. The van der Waals surface area contributed by atoms with Crippen molar-refractivity contribution in [1.82, 2.24) is 5.32 Å². The molecule has 0 heterocycles. The molecule has 0 radical (unpaired) electrons. The van der Waals surface area contributed by atoms with Crippen molar-refractivity contribution in [2.24, 2.45) is 5.92 Å². The molecule has 2 atom stereocenters. The third-order valence-electron chi connectivity index (χ3n) is 4.64. The zero-order valence-corrected chi connectivity index (χ0v) is 13.6. The molecular weight excluding hydrogens is 262 g/mol. The van der Waals surface area contributed by atoms with Gasteiger partial charge in [0.25, 0.3) is 0 Å². The highest BCUT2D eigenvalue weighted by Gasteiger charge is 2.19. The van der Waals surface area contributed by atoms with Crippen molar-refractivity contribution in [2.75, 3.05) is 13.7 Å². The van der Waals surface area contributed by atoms with Crippen LogP contribution in [0.3, 0.4) is 0 Å². The molecule has 3 nitrogen and oxygen atoms in total. The van der Waals surface area contributed by atoms with Crippen LogP contribution in [0.2, 0.25) is 0 Å². The van der Waals surface area contributed by atoms with Crippen molar-refractivity contribution in [3.05, 3.63) is 29.3 Å². The molecule has 1 aromatic carbocycles. The molecule has 0 amide bonds. The molecule has 2 rings (SSSR count). The van der Waals surface area contributed by atoms with Gasteiger partial charge in [0.05, 0.1) is 6.10 Å². The summed E-state index contributed by atoms with van der Waals surface area (Å²) in [4.78, 5) is 0. The summed E-state index contributed by atoms with van der Waals surface area (Å²) in [5.74, 6) is 1.58. The monoisotopic (exact) mass is 291 g/mol. The lowest BCUT2D eigenvalue weighted by molar-refractivity contribution is 0.0852. The van der Waals surface area contributed by atoms with Crippen LogP contribution in [0.5, 0.6) is 5.75 Å². The molecule has 0 aliphatic heterocycles. The molecule has 1 aliphatic rings. The van der Waals surface area contributed by atoms with Gasteiger partial charge in [-0.3, -0.25) is 0 Å². The number of benzene rings is 1. The molecule has 2 unspecified atom stereocenters. The molecule has 21 heavy (non-hydrogen) atoms. The van der Waals surface area contributed by atoms with Gasteiger partial charge >= 0.3 is 0 Å². The van der Waals surface area contributed by atoms with E-state index >= 15 is 0 Å². The fourth-order valence-corrected chi connectivity index (χ4v) is 3.16. The number of aryl methyl sites for hydroxylation is 1. The summed E-state index contributed by atoms with van der Waals surface area (Å²) in [6.07, 6.45) is 5.72. The highest BCUT2D eigenvalue weighted by Crippen LogP contribution is 2.29. The molecule has 118 valence electrons. The standard InChI is InChI=1S/C18H29NO2/c1-13-10-16(14(2)19-3)8-9-18(13)21-12-17(20)11-15-6-4-5-7-15/h8-10,14-15,17,19-20H,4-7,11-12H2,1-3H3. The van der Waals surface area contributed by atoms with Gasteiger partial charge in [-0.1, -0.05) is 37.8 Å². The Morgan fingerprint density at radius 1 is 1.33 bits per heavy atom. The first kappa shape index (κ1) is 16.3. The van der Waals surface area contributed by atoms with Crippen LogP contribution < -0.4 is 10.1 Å². The van der Waals surface area contributed by atoms with E-state index in [1.807, 2.05) is 13.1 Å². The van der Waals surface area contributed by atoms with Gasteiger partial charge in [-0.15, -0.1) is 0 Å². The molecule has 2 N–H and O–H groups in total. The van der Waals surface area contributed by atoms with Crippen molar-refractivity contribution in [2.45, 2.75) is 58.1 Å². The second kappa shape index (κ2) is 7.81. The largest absolute Gasteiger partial charge is 0.491 e. The van der Waals surface area contributed by atoms with E-state index in [1.165, 1.54) is 31.2 Å². The summed E-state index contributed by atoms with van der Waals surface area (Å²) >= 11 is 0. The van der Waals surface area contributed by atoms with Crippen LogP contribution in [0.25, 0.3) is 0 Å². The van der Waals surface area contributed by atoms with Gasteiger partial charge in [0.15, 0.2) is 0 Å². The fraction of sp³-hybridized carbons (Fsp3) is 0.667. The number of nitrogens with one attached hydrogen (secondary N) is 1. The van der Waals surface area contributed by atoms with Crippen LogP contribution in [-0.2, 0) is 0 Å². The maximum atomic E-state index is 10.1. The third-order valence-corrected chi connectivity index (χ3v) is 4.64. The normalized spacial score (nSPS) is 18.7. The summed E-state index contributed by atoms with van der Waals surface area (Å²) in [6, 6.07) is 6.60. The van der Waals surface area contributed by atoms with Crippen molar-refractivity contribution in [3.63, 3.8) is 0 Å². The molecule has 0 spiro atoms. The van der Waals surface area contributed by atoms with Crippen LogP contribution in [0.1, 0.15) is 56.2 Å². The van der Waals surface area contributed by atoms with Gasteiger partial charge in [0.2, 0.25) is 0 Å². The zero-order valence-electron chi connectivity index (χ0n) is 13.6. The Labute approximate surface area is 128 Å². The lowest BCUT2D eigenvalue weighted by Crippen LogP contribution is -2.20. The van der Waals surface area contributed by atoms with Gasteiger partial charge in [-0.25, -0.2) is 0 Å². The van der Waals surface area contributed by atoms with Gasteiger partial charge < -0.3 is 15.2 Å². The van der Waals surface area contributed by atoms with E-state index in [2.05, 4.69) is 31.3 Å². The average Bonchev–Trinajstić information content (AvgIpc) is 2.98. The maximum Gasteiger partial charge on any atom is 0.122 e. The van der Waals surface area contributed by atoms with E-state index in [9.17, 15) is 5.11 Å².